The molecule has 3 unspecified atom stereocenters. The summed E-state index contributed by atoms with van der Waals surface area (Å²) in [5.41, 5.74) is 6.90. The second-order valence-electron chi connectivity index (χ2n) is 5.79. The lowest BCUT2D eigenvalue weighted by atomic mass is 9.82. The van der Waals surface area contributed by atoms with Crippen molar-refractivity contribution < 1.29 is 4.39 Å². The summed E-state index contributed by atoms with van der Waals surface area (Å²) < 4.78 is 13.4. The molecule has 3 atom stereocenters. The highest BCUT2D eigenvalue weighted by atomic mass is 19.1. The molecule has 1 fully saturated rings. The van der Waals surface area contributed by atoms with Gasteiger partial charge in [0.25, 0.3) is 0 Å². The van der Waals surface area contributed by atoms with Crippen molar-refractivity contribution >= 4 is 0 Å². The molecule has 1 aliphatic rings. The highest BCUT2D eigenvalue weighted by Crippen LogP contribution is 2.33. The standard InChI is InChI=1S/C16H26FN3/c1-3-20(16-7-5-4-6-13(16)9-18)12(2)14-8-15(17)11-19-10-14/h8,10-13,16H,3-7,9,18H2,1-2H3. The Balaban J connectivity index is 2.17. The summed E-state index contributed by atoms with van der Waals surface area (Å²) in [4.78, 5) is 6.45. The van der Waals surface area contributed by atoms with E-state index in [4.69, 9.17) is 5.73 Å². The van der Waals surface area contributed by atoms with Gasteiger partial charge in [-0.05, 0) is 50.4 Å². The lowest BCUT2D eigenvalue weighted by Crippen LogP contribution is -2.46. The molecule has 0 aromatic carbocycles. The summed E-state index contributed by atoms with van der Waals surface area (Å²) in [6.45, 7) is 6.02. The van der Waals surface area contributed by atoms with E-state index in [1.807, 2.05) is 0 Å². The maximum Gasteiger partial charge on any atom is 0.141 e. The number of halogens is 1. The quantitative estimate of drug-likeness (QED) is 0.900. The molecule has 0 saturated heterocycles. The van der Waals surface area contributed by atoms with Gasteiger partial charge >= 0.3 is 0 Å². The predicted octanol–water partition coefficient (Wildman–Crippen LogP) is 3.12. The van der Waals surface area contributed by atoms with Crippen molar-refractivity contribution in [2.24, 2.45) is 11.7 Å². The van der Waals surface area contributed by atoms with Crippen LogP contribution in [-0.2, 0) is 0 Å². The van der Waals surface area contributed by atoms with Crippen molar-refractivity contribution in [3.8, 4) is 0 Å². The Morgan fingerprint density at radius 1 is 1.40 bits per heavy atom. The lowest BCUT2D eigenvalue weighted by molar-refractivity contribution is 0.0767. The molecule has 1 aliphatic carbocycles. The lowest BCUT2D eigenvalue weighted by Gasteiger charge is -2.42. The molecule has 1 aromatic heterocycles. The first-order valence-electron chi connectivity index (χ1n) is 7.73. The average molecular weight is 279 g/mol. The Bertz CT molecular complexity index is 424. The number of nitrogens with two attached hydrogens (primary N) is 1. The van der Waals surface area contributed by atoms with E-state index in [1.165, 1.54) is 31.9 Å². The van der Waals surface area contributed by atoms with E-state index in [1.54, 1.807) is 12.3 Å². The molecule has 1 heterocycles. The largest absolute Gasteiger partial charge is 0.330 e. The maximum absolute atomic E-state index is 13.4. The average Bonchev–Trinajstić information content (AvgIpc) is 2.48. The fourth-order valence-corrected chi connectivity index (χ4v) is 3.54. The summed E-state index contributed by atoms with van der Waals surface area (Å²) in [5, 5.41) is 0. The fraction of sp³-hybridized carbons (Fsp3) is 0.688. The minimum atomic E-state index is -0.260. The highest BCUT2D eigenvalue weighted by Gasteiger charge is 2.31. The normalized spacial score (nSPS) is 24.9. The number of hydrogen-bond donors (Lipinski definition) is 1. The van der Waals surface area contributed by atoms with Crippen molar-refractivity contribution in [3.05, 3.63) is 29.8 Å². The van der Waals surface area contributed by atoms with Gasteiger partial charge in [0.2, 0.25) is 0 Å². The van der Waals surface area contributed by atoms with Crippen LogP contribution in [0.1, 0.15) is 51.1 Å². The SMILES string of the molecule is CCN(C(C)c1cncc(F)c1)C1CCCCC1CN. The van der Waals surface area contributed by atoms with Crippen molar-refractivity contribution in [2.75, 3.05) is 13.1 Å². The number of nitrogens with zero attached hydrogens (tertiary/aromatic N) is 2. The minimum absolute atomic E-state index is 0.181. The third-order valence-corrected chi connectivity index (χ3v) is 4.67. The van der Waals surface area contributed by atoms with Crippen LogP contribution in [0.25, 0.3) is 0 Å². The van der Waals surface area contributed by atoms with E-state index in [0.717, 1.165) is 18.7 Å². The monoisotopic (exact) mass is 279 g/mol. The molecule has 2 N–H and O–H groups in total. The van der Waals surface area contributed by atoms with Gasteiger partial charge in [-0.1, -0.05) is 19.8 Å². The van der Waals surface area contributed by atoms with Crippen LogP contribution >= 0.6 is 0 Å². The number of hydrogen-bond acceptors (Lipinski definition) is 3. The van der Waals surface area contributed by atoms with E-state index >= 15 is 0 Å². The van der Waals surface area contributed by atoms with Crippen LogP contribution in [0.15, 0.2) is 18.5 Å². The molecule has 3 nitrogen and oxygen atoms in total. The summed E-state index contributed by atoms with van der Waals surface area (Å²) in [5.74, 6) is 0.303. The van der Waals surface area contributed by atoms with E-state index in [-0.39, 0.29) is 11.9 Å². The first-order chi connectivity index (χ1) is 9.67. The molecule has 0 radical (unpaired) electrons. The number of rotatable bonds is 5. The minimum Gasteiger partial charge on any atom is -0.330 e. The molecule has 4 heteroatoms. The predicted molar refractivity (Wildman–Crippen MR) is 79.8 cm³/mol. The van der Waals surface area contributed by atoms with Gasteiger partial charge in [0, 0.05) is 18.3 Å². The maximum atomic E-state index is 13.4. The van der Waals surface area contributed by atoms with Crippen molar-refractivity contribution in [3.63, 3.8) is 0 Å². The van der Waals surface area contributed by atoms with Crippen LogP contribution < -0.4 is 5.73 Å². The molecule has 0 aliphatic heterocycles. The second-order valence-corrected chi connectivity index (χ2v) is 5.79. The highest BCUT2D eigenvalue weighted by molar-refractivity contribution is 5.15. The Morgan fingerprint density at radius 2 is 2.15 bits per heavy atom. The molecule has 2 rings (SSSR count). The number of pyridine rings is 1. The van der Waals surface area contributed by atoms with Gasteiger partial charge in [-0.25, -0.2) is 4.39 Å². The number of aromatic nitrogens is 1. The van der Waals surface area contributed by atoms with E-state index < -0.39 is 0 Å². The van der Waals surface area contributed by atoms with Crippen LogP contribution in [0.4, 0.5) is 4.39 Å². The molecular formula is C16H26FN3. The van der Waals surface area contributed by atoms with E-state index in [0.29, 0.717) is 12.0 Å². The molecule has 1 aromatic rings. The van der Waals surface area contributed by atoms with Gasteiger partial charge in [0.05, 0.1) is 6.20 Å². The summed E-state index contributed by atoms with van der Waals surface area (Å²) >= 11 is 0. The van der Waals surface area contributed by atoms with Crippen molar-refractivity contribution in [1.82, 2.24) is 9.88 Å². The Kier molecular flexibility index (Phi) is 5.49. The Labute approximate surface area is 121 Å². The summed E-state index contributed by atoms with van der Waals surface area (Å²) in [6.07, 6.45) is 8.00. The smallest absolute Gasteiger partial charge is 0.141 e. The van der Waals surface area contributed by atoms with Gasteiger partial charge in [-0.3, -0.25) is 9.88 Å². The van der Waals surface area contributed by atoms with Crippen LogP contribution in [0.2, 0.25) is 0 Å². The van der Waals surface area contributed by atoms with E-state index in [2.05, 4.69) is 23.7 Å². The molecule has 0 spiro atoms. The third-order valence-electron chi connectivity index (χ3n) is 4.67. The first-order valence-corrected chi connectivity index (χ1v) is 7.73. The van der Waals surface area contributed by atoms with Gasteiger partial charge in [0.15, 0.2) is 0 Å². The third kappa shape index (κ3) is 3.36. The zero-order valence-corrected chi connectivity index (χ0v) is 12.6. The molecule has 112 valence electrons. The van der Waals surface area contributed by atoms with Crippen molar-refractivity contribution in [2.45, 2.75) is 51.6 Å². The topological polar surface area (TPSA) is 42.2 Å². The zero-order chi connectivity index (χ0) is 14.5. The van der Waals surface area contributed by atoms with Crippen LogP contribution in [0, 0.1) is 11.7 Å². The van der Waals surface area contributed by atoms with Gasteiger partial charge in [-0.15, -0.1) is 0 Å². The molecular weight excluding hydrogens is 253 g/mol. The molecule has 20 heavy (non-hydrogen) atoms. The van der Waals surface area contributed by atoms with E-state index in [9.17, 15) is 4.39 Å². The Hall–Kier alpha value is -1.00. The second kappa shape index (κ2) is 7.14. The van der Waals surface area contributed by atoms with Crippen molar-refractivity contribution in [1.29, 1.82) is 0 Å². The zero-order valence-electron chi connectivity index (χ0n) is 12.6. The first kappa shape index (κ1) is 15.4. The van der Waals surface area contributed by atoms with Gasteiger partial charge in [-0.2, -0.15) is 0 Å². The fourth-order valence-electron chi connectivity index (χ4n) is 3.54. The van der Waals surface area contributed by atoms with Gasteiger partial charge in [0.1, 0.15) is 5.82 Å². The summed E-state index contributed by atoms with van der Waals surface area (Å²) in [6, 6.07) is 2.29. The van der Waals surface area contributed by atoms with Crippen LogP contribution in [0.3, 0.4) is 0 Å². The molecule has 0 amide bonds. The Morgan fingerprint density at radius 3 is 2.80 bits per heavy atom. The molecule has 0 bridgehead atoms. The van der Waals surface area contributed by atoms with Crippen LogP contribution in [0.5, 0.6) is 0 Å². The summed E-state index contributed by atoms with van der Waals surface area (Å²) in [7, 11) is 0. The van der Waals surface area contributed by atoms with Gasteiger partial charge < -0.3 is 5.73 Å². The molecule has 1 saturated carbocycles. The van der Waals surface area contributed by atoms with Crippen LogP contribution in [-0.4, -0.2) is 29.0 Å².